The average Bonchev–Trinajstić information content (AvgIpc) is 2.47. The molecule has 4 heteroatoms. The molecule has 0 rings (SSSR count). The number of carbonyl (C=O) groups is 2. The fourth-order valence-electron chi connectivity index (χ4n) is 2.64. The van der Waals surface area contributed by atoms with Crippen molar-refractivity contribution in [3.05, 3.63) is 0 Å². The molecule has 0 fully saturated rings. The molecule has 0 amide bonds. The first kappa shape index (κ1) is 26.7. The van der Waals surface area contributed by atoms with Gasteiger partial charge in [0.05, 0.1) is 13.1 Å². The largest absolute Gasteiger partial charge is 0.299 e. The second-order valence-corrected chi connectivity index (χ2v) is 10.8. The van der Waals surface area contributed by atoms with Crippen LogP contribution >= 0.6 is 0 Å². The maximum absolute atomic E-state index is 12.4. The van der Waals surface area contributed by atoms with Crippen LogP contribution in [0.4, 0.5) is 0 Å². The van der Waals surface area contributed by atoms with Gasteiger partial charge in [0.1, 0.15) is 11.6 Å². The number of ketones is 2. The van der Waals surface area contributed by atoms with Gasteiger partial charge in [-0.1, -0.05) is 69.2 Å². The lowest BCUT2D eigenvalue weighted by Gasteiger charge is -2.18. The van der Waals surface area contributed by atoms with Gasteiger partial charge in [-0.15, -0.1) is 0 Å². The lowest BCUT2D eigenvalue weighted by Crippen LogP contribution is -2.24. The van der Waals surface area contributed by atoms with Gasteiger partial charge in [-0.05, 0) is 24.7 Å². The molecular formula is C24H44N2O2. The smallest absolute Gasteiger partial charge is 0.143 e. The van der Waals surface area contributed by atoms with Gasteiger partial charge >= 0.3 is 0 Å². The molecule has 4 nitrogen and oxygen atoms in total. The van der Waals surface area contributed by atoms with Crippen molar-refractivity contribution in [1.82, 2.24) is 0 Å². The van der Waals surface area contributed by atoms with E-state index < -0.39 is 0 Å². The molecule has 0 aromatic heterocycles. The van der Waals surface area contributed by atoms with Gasteiger partial charge in [-0.2, -0.15) is 0 Å². The maximum atomic E-state index is 12.4. The van der Waals surface area contributed by atoms with E-state index in [9.17, 15) is 9.59 Å². The van der Waals surface area contributed by atoms with E-state index in [1.807, 2.05) is 41.5 Å². The van der Waals surface area contributed by atoms with Crippen LogP contribution in [0.1, 0.15) is 94.9 Å². The summed E-state index contributed by atoms with van der Waals surface area (Å²) >= 11 is 0. The zero-order valence-corrected chi connectivity index (χ0v) is 20.1. The van der Waals surface area contributed by atoms with E-state index in [1.54, 1.807) is 0 Å². The molecule has 0 aliphatic carbocycles. The van der Waals surface area contributed by atoms with E-state index in [1.165, 1.54) is 0 Å². The zero-order valence-electron chi connectivity index (χ0n) is 20.1. The van der Waals surface area contributed by atoms with Crippen LogP contribution in [0.2, 0.25) is 0 Å². The molecule has 0 aliphatic rings. The highest BCUT2D eigenvalue weighted by Gasteiger charge is 2.24. The van der Waals surface area contributed by atoms with E-state index in [2.05, 4.69) is 27.7 Å². The number of nitrogens with zero attached hydrogens (tertiary/aromatic N) is 2. The summed E-state index contributed by atoms with van der Waals surface area (Å²) in [7, 11) is 0. The third kappa shape index (κ3) is 12.2. The van der Waals surface area contributed by atoms with Crippen molar-refractivity contribution < 1.29 is 9.59 Å². The van der Waals surface area contributed by atoms with Crippen molar-refractivity contribution in [2.24, 2.45) is 32.7 Å². The standard InChI is InChI=1S/C24H44N2O2/c1-17(2)13-19(15-21(27)23(5,6)7)25-11-12-26-20(14-18(3)4)16-22(28)24(8,9)10/h17-18H,11-16H2,1-10H3. The van der Waals surface area contributed by atoms with Crippen LogP contribution in [0.15, 0.2) is 9.98 Å². The first-order chi connectivity index (χ1) is 12.6. The van der Waals surface area contributed by atoms with E-state index in [0.717, 1.165) is 24.3 Å². The van der Waals surface area contributed by atoms with Gasteiger partial charge in [0.2, 0.25) is 0 Å². The van der Waals surface area contributed by atoms with E-state index in [0.29, 0.717) is 37.8 Å². The second kappa shape index (κ2) is 11.6. The Morgan fingerprint density at radius 1 is 0.643 bits per heavy atom. The van der Waals surface area contributed by atoms with E-state index in [-0.39, 0.29) is 22.4 Å². The molecule has 0 saturated heterocycles. The van der Waals surface area contributed by atoms with Gasteiger partial charge in [0.25, 0.3) is 0 Å². The van der Waals surface area contributed by atoms with Gasteiger partial charge < -0.3 is 0 Å². The molecule has 0 aromatic carbocycles. The minimum atomic E-state index is -0.340. The summed E-state index contributed by atoms with van der Waals surface area (Å²) in [5.74, 6) is 1.39. The van der Waals surface area contributed by atoms with Crippen LogP contribution in [-0.2, 0) is 9.59 Å². The van der Waals surface area contributed by atoms with E-state index >= 15 is 0 Å². The number of hydrogen-bond donors (Lipinski definition) is 0. The SMILES string of the molecule is CC(C)CC(CC(=O)C(C)(C)C)=NCCN=C(CC(=O)C(C)(C)C)CC(C)C. The summed E-state index contributed by atoms with van der Waals surface area (Å²) in [5.41, 5.74) is 1.27. The van der Waals surface area contributed by atoms with Crippen molar-refractivity contribution in [3.63, 3.8) is 0 Å². The van der Waals surface area contributed by atoms with Crippen molar-refractivity contribution in [2.45, 2.75) is 94.9 Å². The van der Waals surface area contributed by atoms with Gasteiger partial charge in [-0.25, -0.2) is 0 Å². The summed E-state index contributed by atoms with van der Waals surface area (Å²) < 4.78 is 0. The lowest BCUT2D eigenvalue weighted by molar-refractivity contribution is -0.125. The Morgan fingerprint density at radius 2 is 0.929 bits per heavy atom. The first-order valence-electron chi connectivity index (χ1n) is 10.7. The molecule has 0 atom stereocenters. The summed E-state index contributed by atoms with van der Waals surface area (Å²) in [4.78, 5) is 34.2. The highest BCUT2D eigenvalue weighted by atomic mass is 16.1. The molecule has 0 spiro atoms. The van der Waals surface area contributed by atoms with Crippen LogP contribution in [0.3, 0.4) is 0 Å². The predicted octanol–water partition coefficient (Wildman–Crippen LogP) is 5.97. The van der Waals surface area contributed by atoms with Crippen LogP contribution in [0.5, 0.6) is 0 Å². The van der Waals surface area contributed by atoms with Crippen LogP contribution in [-0.4, -0.2) is 36.1 Å². The molecule has 162 valence electrons. The van der Waals surface area contributed by atoms with Crippen LogP contribution in [0, 0.1) is 22.7 Å². The molecule has 0 unspecified atom stereocenters. The fraction of sp³-hybridized carbons (Fsp3) is 0.833. The topological polar surface area (TPSA) is 58.9 Å². The summed E-state index contributed by atoms with van der Waals surface area (Å²) in [5, 5.41) is 0. The fourth-order valence-corrected chi connectivity index (χ4v) is 2.64. The van der Waals surface area contributed by atoms with Gasteiger partial charge in [-0.3, -0.25) is 19.6 Å². The second-order valence-electron chi connectivity index (χ2n) is 10.8. The lowest BCUT2D eigenvalue weighted by atomic mass is 9.86. The van der Waals surface area contributed by atoms with Crippen molar-refractivity contribution in [3.8, 4) is 0 Å². The Bertz CT molecular complexity index is 518. The van der Waals surface area contributed by atoms with Gasteiger partial charge in [0, 0.05) is 35.1 Å². The number of Topliss-reactive ketones (excluding diaryl/α,β-unsaturated/α-hetero) is 2. The molecule has 0 aromatic rings. The normalized spacial score (nSPS) is 14.1. The third-order valence-corrected chi connectivity index (χ3v) is 4.46. The van der Waals surface area contributed by atoms with Gasteiger partial charge in [0.15, 0.2) is 0 Å². The van der Waals surface area contributed by atoms with Crippen LogP contribution in [0.25, 0.3) is 0 Å². The Hall–Kier alpha value is -1.32. The molecule has 0 saturated carbocycles. The summed E-state index contributed by atoms with van der Waals surface area (Å²) in [6, 6.07) is 0. The number of rotatable bonds is 11. The quantitative estimate of drug-likeness (QED) is 0.321. The highest BCUT2D eigenvalue weighted by molar-refractivity contribution is 6.04. The minimum absolute atomic E-state index is 0.228. The predicted molar refractivity (Wildman–Crippen MR) is 122 cm³/mol. The third-order valence-electron chi connectivity index (χ3n) is 4.46. The number of carbonyl (C=O) groups excluding carboxylic acids is 2. The maximum Gasteiger partial charge on any atom is 0.143 e. The Morgan fingerprint density at radius 3 is 1.14 bits per heavy atom. The van der Waals surface area contributed by atoms with Crippen molar-refractivity contribution in [1.29, 1.82) is 0 Å². The molecule has 0 aliphatic heterocycles. The molecular weight excluding hydrogens is 348 g/mol. The monoisotopic (exact) mass is 392 g/mol. The number of aliphatic imine (C=N–C) groups is 2. The summed E-state index contributed by atoms with van der Waals surface area (Å²) in [6.07, 6.45) is 2.53. The van der Waals surface area contributed by atoms with E-state index in [4.69, 9.17) is 9.98 Å². The molecule has 0 radical (unpaired) electrons. The molecule has 0 heterocycles. The average molecular weight is 393 g/mol. The summed E-state index contributed by atoms with van der Waals surface area (Å²) in [6.45, 7) is 21.5. The van der Waals surface area contributed by atoms with Crippen molar-refractivity contribution >= 4 is 23.0 Å². The zero-order chi connectivity index (χ0) is 22.1. The van der Waals surface area contributed by atoms with Crippen molar-refractivity contribution in [2.75, 3.05) is 13.1 Å². The number of hydrogen-bond acceptors (Lipinski definition) is 4. The minimum Gasteiger partial charge on any atom is -0.299 e. The Labute approximate surface area is 173 Å². The Kier molecular flexibility index (Phi) is 11.1. The first-order valence-corrected chi connectivity index (χ1v) is 10.7. The Balaban J connectivity index is 5.10. The highest BCUT2D eigenvalue weighted by Crippen LogP contribution is 2.20. The molecule has 0 N–H and O–H groups in total. The van der Waals surface area contributed by atoms with Crippen LogP contribution < -0.4 is 0 Å². The molecule has 0 bridgehead atoms. The molecule has 28 heavy (non-hydrogen) atoms.